The van der Waals surface area contributed by atoms with Crippen molar-refractivity contribution in [2.45, 2.75) is 6.92 Å². The highest BCUT2D eigenvalue weighted by molar-refractivity contribution is 9.10. The van der Waals surface area contributed by atoms with Crippen molar-refractivity contribution in [3.05, 3.63) is 28.9 Å². The van der Waals surface area contributed by atoms with Crippen LogP contribution < -0.4 is 10.6 Å². The molecule has 0 aliphatic carbocycles. The number of hydrogen-bond acceptors (Lipinski definition) is 4. The zero-order valence-corrected chi connectivity index (χ0v) is 12.8. The zero-order chi connectivity index (χ0) is 13.8. The number of hydrogen-bond donors (Lipinski definition) is 1. The average molecular weight is 324 g/mol. The van der Waals surface area contributed by atoms with Crippen LogP contribution in [0.3, 0.4) is 0 Å². The van der Waals surface area contributed by atoms with E-state index < -0.39 is 0 Å². The fourth-order valence-corrected chi connectivity index (χ4v) is 2.41. The number of nitrogen functional groups attached to an aromatic ring is 1. The number of ether oxygens (including phenoxy) is 1. The molecular formula is C14H18BrN3O. The Morgan fingerprint density at radius 3 is 2.95 bits per heavy atom. The molecule has 102 valence electrons. The summed E-state index contributed by atoms with van der Waals surface area (Å²) in [4.78, 5) is 6.47. The molecule has 1 aromatic heterocycles. The maximum absolute atomic E-state index is 6.08. The molecule has 0 unspecified atom stereocenters. The molecule has 2 N–H and O–H groups in total. The summed E-state index contributed by atoms with van der Waals surface area (Å²) >= 11 is 3.49. The van der Waals surface area contributed by atoms with Gasteiger partial charge < -0.3 is 15.4 Å². The molecule has 0 bridgehead atoms. The second kappa shape index (κ2) is 6.21. The van der Waals surface area contributed by atoms with Gasteiger partial charge in [0.2, 0.25) is 0 Å². The zero-order valence-electron chi connectivity index (χ0n) is 11.2. The fourth-order valence-electron chi connectivity index (χ4n) is 2.05. The average Bonchev–Trinajstić information content (AvgIpc) is 2.38. The number of fused-ring (bicyclic) bond motifs is 1. The Morgan fingerprint density at radius 1 is 1.42 bits per heavy atom. The summed E-state index contributed by atoms with van der Waals surface area (Å²) in [5, 5.41) is 1.05. The maximum Gasteiger partial charge on any atom is 0.0745 e. The van der Waals surface area contributed by atoms with Gasteiger partial charge in [-0.2, -0.15) is 0 Å². The molecule has 0 aliphatic rings. The second-order valence-electron chi connectivity index (χ2n) is 4.34. The predicted molar refractivity (Wildman–Crippen MR) is 83.6 cm³/mol. The normalized spacial score (nSPS) is 10.9. The highest BCUT2D eigenvalue weighted by atomic mass is 79.9. The van der Waals surface area contributed by atoms with Gasteiger partial charge in [0.05, 0.1) is 29.7 Å². The SMILES string of the molecule is CCOCCN(C)c1c(N)cnc2ccc(Br)cc12. The van der Waals surface area contributed by atoms with E-state index in [2.05, 4.69) is 25.8 Å². The molecule has 0 radical (unpaired) electrons. The van der Waals surface area contributed by atoms with Crippen LogP contribution in [-0.4, -0.2) is 31.8 Å². The molecule has 0 fully saturated rings. The van der Waals surface area contributed by atoms with Crippen molar-refractivity contribution < 1.29 is 4.74 Å². The highest BCUT2D eigenvalue weighted by Gasteiger charge is 2.11. The summed E-state index contributed by atoms with van der Waals surface area (Å²) in [5.41, 5.74) is 8.71. The molecule has 4 nitrogen and oxygen atoms in total. The van der Waals surface area contributed by atoms with Crippen LogP contribution >= 0.6 is 15.9 Å². The Kier molecular flexibility index (Phi) is 4.61. The van der Waals surface area contributed by atoms with E-state index >= 15 is 0 Å². The lowest BCUT2D eigenvalue weighted by Gasteiger charge is -2.22. The molecule has 2 rings (SSSR count). The van der Waals surface area contributed by atoms with Crippen LogP contribution in [0, 0.1) is 0 Å². The lowest BCUT2D eigenvalue weighted by atomic mass is 10.1. The molecule has 0 spiro atoms. The maximum atomic E-state index is 6.08. The summed E-state index contributed by atoms with van der Waals surface area (Å²) in [6, 6.07) is 6.01. The molecule has 0 saturated heterocycles. The molecule has 0 amide bonds. The smallest absolute Gasteiger partial charge is 0.0745 e. The van der Waals surface area contributed by atoms with E-state index in [1.807, 2.05) is 32.2 Å². The Hall–Kier alpha value is -1.33. The van der Waals surface area contributed by atoms with E-state index in [0.717, 1.165) is 34.2 Å². The van der Waals surface area contributed by atoms with E-state index in [-0.39, 0.29) is 0 Å². The largest absolute Gasteiger partial charge is 0.396 e. The van der Waals surface area contributed by atoms with Crippen LogP contribution in [0.1, 0.15) is 6.92 Å². The number of nitrogens with zero attached hydrogens (tertiary/aromatic N) is 2. The van der Waals surface area contributed by atoms with Gasteiger partial charge in [-0.1, -0.05) is 15.9 Å². The molecule has 0 aliphatic heterocycles. The third-order valence-electron chi connectivity index (χ3n) is 2.99. The monoisotopic (exact) mass is 323 g/mol. The Labute approximate surface area is 121 Å². The van der Waals surface area contributed by atoms with E-state index in [1.54, 1.807) is 6.20 Å². The third kappa shape index (κ3) is 3.16. The number of anilines is 2. The lowest BCUT2D eigenvalue weighted by Crippen LogP contribution is -2.24. The minimum absolute atomic E-state index is 0.685. The van der Waals surface area contributed by atoms with Gasteiger partial charge in [0.15, 0.2) is 0 Å². The lowest BCUT2D eigenvalue weighted by molar-refractivity contribution is 0.154. The van der Waals surface area contributed by atoms with Crippen molar-refractivity contribution in [1.29, 1.82) is 0 Å². The van der Waals surface area contributed by atoms with E-state index in [1.165, 1.54) is 0 Å². The van der Waals surface area contributed by atoms with Gasteiger partial charge in [-0.15, -0.1) is 0 Å². The second-order valence-corrected chi connectivity index (χ2v) is 5.26. The van der Waals surface area contributed by atoms with Gasteiger partial charge in [0.1, 0.15) is 0 Å². The summed E-state index contributed by atoms with van der Waals surface area (Å²) < 4.78 is 6.41. The van der Waals surface area contributed by atoms with Crippen LogP contribution in [0.25, 0.3) is 10.9 Å². The van der Waals surface area contributed by atoms with Crippen LogP contribution in [0.4, 0.5) is 11.4 Å². The van der Waals surface area contributed by atoms with Crippen molar-refractivity contribution in [3.8, 4) is 0 Å². The standard InChI is InChI=1S/C14H18BrN3O/c1-3-19-7-6-18(2)14-11-8-10(15)4-5-13(11)17-9-12(14)16/h4-5,8-9H,3,6-7,16H2,1-2H3. The van der Waals surface area contributed by atoms with Crippen LogP contribution in [0.2, 0.25) is 0 Å². The number of benzene rings is 1. The summed E-state index contributed by atoms with van der Waals surface area (Å²) in [7, 11) is 2.02. The summed E-state index contributed by atoms with van der Waals surface area (Å²) in [6.45, 7) is 4.20. The number of halogens is 1. The van der Waals surface area contributed by atoms with E-state index in [4.69, 9.17) is 10.5 Å². The molecule has 0 saturated carbocycles. The first-order valence-corrected chi connectivity index (χ1v) is 7.05. The van der Waals surface area contributed by atoms with Gasteiger partial charge in [0.25, 0.3) is 0 Å². The van der Waals surface area contributed by atoms with Crippen LogP contribution in [0.15, 0.2) is 28.9 Å². The number of likely N-dealkylation sites (N-methyl/N-ethyl adjacent to an activating group) is 1. The molecular weight excluding hydrogens is 306 g/mol. The quantitative estimate of drug-likeness (QED) is 0.859. The summed E-state index contributed by atoms with van der Waals surface area (Å²) in [5.74, 6) is 0. The molecule has 5 heteroatoms. The number of nitrogens with two attached hydrogens (primary N) is 1. The van der Waals surface area contributed by atoms with Gasteiger partial charge in [-0.3, -0.25) is 4.98 Å². The first kappa shape index (κ1) is 14.1. The third-order valence-corrected chi connectivity index (χ3v) is 3.48. The minimum Gasteiger partial charge on any atom is -0.396 e. The number of aromatic nitrogens is 1. The van der Waals surface area contributed by atoms with E-state index in [0.29, 0.717) is 12.3 Å². The van der Waals surface area contributed by atoms with Gasteiger partial charge in [-0.25, -0.2) is 0 Å². The molecule has 1 heterocycles. The van der Waals surface area contributed by atoms with Gasteiger partial charge >= 0.3 is 0 Å². The Balaban J connectivity index is 2.39. The molecule has 2 aromatic rings. The molecule has 0 atom stereocenters. The van der Waals surface area contributed by atoms with Crippen LogP contribution in [0.5, 0.6) is 0 Å². The highest BCUT2D eigenvalue weighted by Crippen LogP contribution is 2.32. The predicted octanol–water partition coefficient (Wildman–Crippen LogP) is 3.05. The Bertz CT molecular complexity index is 569. The van der Waals surface area contributed by atoms with Gasteiger partial charge in [0, 0.05) is 30.1 Å². The first-order valence-electron chi connectivity index (χ1n) is 6.26. The molecule has 1 aromatic carbocycles. The van der Waals surface area contributed by atoms with Crippen molar-refractivity contribution in [2.75, 3.05) is 37.4 Å². The van der Waals surface area contributed by atoms with Gasteiger partial charge in [-0.05, 0) is 25.1 Å². The molecule has 19 heavy (non-hydrogen) atoms. The number of rotatable bonds is 5. The van der Waals surface area contributed by atoms with Crippen molar-refractivity contribution in [3.63, 3.8) is 0 Å². The van der Waals surface area contributed by atoms with Crippen molar-refractivity contribution in [1.82, 2.24) is 4.98 Å². The number of pyridine rings is 1. The fraction of sp³-hybridized carbons (Fsp3) is 0.357. The first-order chi connectivity index (χ1) is 9.13. The van der Waals surface area contributed by atoms with Crippen molar-refractivity contribution >= 4 is 38.2 Å². The summed E-state index contributed by atoms with van der Waals surface area (Å²) in [6.07, 6.45) is 1.71. The van der Waals surface area contributed by atoms with E-state index in [9.17, 15) is 0 Å². The minimum atomic E-state index is 0.685. The van der Waals surface area contributed by atoms with Crippen LogP contribution in [-0.2, 0) is 4.74 Å². The van der Waals surface area contributed by atoms with Crippen molar-refractivity contribution in [2.24, 2.45) is 0 Å². The topological polar surface area (TPSA) is 51.4 Å². The Morgan fingerprint density at radius 2 is 2.21 bits per heavy atom.